The fraction of sp³-hybridized carbons (Fsp3) is 0.235. The Bertz CT molecular complexity index is 769. The number of rotatable bonds is 2. The van der Waals surface area contributed by atoms with Gasteiger partial charge in [0.1, 0.15) is 5.82 Å². The largest absolute Gasteiger partial charge is 0.399 e. The molecule has 0 bridgehead atoms. The molecule has 0 radical (unpaired) electrons. The summed E-state index contributed by atoms with van der Waals surface area (Å²) >= 11 is 0. The summed E-state index contributed by atoms with van der Waals surface area (Å²) in [4.78, 5) is 4.76. The van der Waals surface area contributed by atoms with Gasteiger partial charge >= 0.3 is 0 Å². The van der Waals surface area contributed by atoms with E-state index in [0.29, 0.717) is 5.92 Å². The monoisotopic (exact) mass is 265 g/mol. The normalized spacial score (nSPS) is 11.4. The quantitative estimate of drug-likeness (QED) is 0.711. The van der Waals surface area contributed by atoms with Crippen LogP contribution in [0.5, 0.6) is 0 Å². The van der Waals surface area contributed by atoms with Crippen molar-refractivity contribution in [2.24, 2.45) is 0 Å². The highest BCUT2D eigenvalue weighted by Gasteiger charge is 2.15. The van der Waals surface area contributed by atoms with Gasteiger partial charge < -0.3 is 5.73 Å². The lowest BCUT2D eigenvalue weighted by Crippen LogP contribution is -2.03. The van der Waals surface area contributed by atoms with Crippen molar-refractivity contribution in [2.75, 3.05) is 5.73 Å². The van der Waals surface area contributed by atoms with E-state index < -0.39 is 0 Å². The Hall–Kier alpha value is -2.29. The van der Waals surface area contributed by atoms with E-state index in [4.69, 9.17) is 10.7 Å². The van der Waals surface area contributed by atoms with Crippen molar-refractivity contribution in [2.45, 2.75) is 26.7 Å². The smallest absolute Gasteiger partial charge is 0.117 e. The average molecular weight is 265 g/mol. The highest BCUT2D eigenvalue weighted by Crippen LogP contribution is 2.27. The van der Waals surface area contributed by atoms with Crippen LogP contribution < -0.4 is 5.73 Å². The van der Waals surface area contributed by atoms with Crippen LogP contribution in [0, 0.1) is 6.92 Å². The van der Waals surface area contributed by atoms with Crippen LogP contribution >= 0.6 is 0 Å². The van der Waals surface area contributed by atoms with Crippen molar-refractivity contribution in [1.82, 2.24) is 9.55 Å². The molecule has 0 saturated carbocycles. The lowest BCUT2D eigenvalue weighted by Gasteiger charge is -2.12. The molecule has 0 fully saturated rings. The Morgan fingerprint density at radius 3 is 2.60 bits per heavy atom. The van der Waals surface area contributed by atoms with Crippen LogP contribution in [0.4, 0.5) is 5.69 Å². The van der Waals surface area contributed by atoms with Crippen LogP contribution in [-0.4, -0.2) is 9.55 Å². The molecule has 0 saturated heterocycles. The topological polar surface area (TPSA) is 43.8 Å². The third-order valence-corrected chi connectivity index (χ3v) is 3.48. The van der Waals surface area contributed by atoms with E-state index in [2.05, 4.69) is 49.6 Å². The molecule has 1 aromatic heterocycles. The van der Waals surface area contributed by atoms with E-state index in [9.17, 15) is 0 Å². The third kappa shape index (κ3) is 2.05. The maximum atomic E-state index is 5.87. The fourth-order valence-electron chi connectivity index (χ4n) is 2.54. The van der Waals surface area contributed by atoms with Gasteiger partial charge in [0, 0.05) is 17.3 Å². The second kappa shape index (κ2) is 4.67. The Labute approximate surface area is 119 Å². The molecular formula is C17H19N3. The van der Waals surface area contributed by atoms with E-state index in [1.807, 2.05) is 18.2 Å². The molecule has 0 unspecified atom stereocenters. The van der Waals surface area contributed by atoms with E-state index in [1.54, 1.807) is 0 Å². The SMILES string of the molecule is Cc1cccc(-n2c(C(C)C)nc3cc(N)ccc32)c1. The van der Waals surface area contributed by atoms with Gasteiger partial charge in [0.2, 0.25) is 0 Å². The molecule has 102 valence electrons. The number of imidazole rings is 1. The molecule has 0 aliphatic carbocycles. The summed E-state index contributed by atoms with van der Waals surface area (Å²) in [7, 11) is 0. The number of nitrogen functional groups attached to an aromatic ring is 1. The van der Waals surface area contributed by atoms with Gasteiger partial charge in [-0.2, -0.15) is 0 Å². The van der Waals surface area contributed by atoms with Crippen molar-refractivity contribution >= 4 is 16.7 Å². The van der Waals surface area contributed by atoms with Crippen molar-refractivity contribution in [3.63, 3.8) is 0 Å². The number of anilines is 1. The van der Waals surface area contributed by atoms with Crippen molar-refractivity contribution in [3.05, 3.63) is 53.9 Å². The zero-order chi connectivity index (χ0) is 14.3. The molecule has 3 nitrogen and oxygen atoms in total. The van der Waals surface area contributed by atoms with Crippen LogP contribution in [-0.2, 0) is 0 Å². The molecule has 2 N–H and O–H groups in total. The first-order chi connectivity index (χ1) is 9.56. The van der Waals surface area contributed by atoms with Gasteiger partial charge in [-0.3, -0.25) is 4.57 Å². The molecule has 1 heterocycles. The maximum absolute atomic E-state index is 5.87. The summed E-state index contributed by atoms with van der Waals surface area (Å²) in [6.07, 6.45) is 0. The number of nitrogens with zero attached hydrogens (tertiary/aromatic N) is 2. The minimum Gasteiger partial charge on any atom is -0.399 e. The zero-order valence-electron chi connectivity index (χ0n) is 12.1. The van der Waals surface area contributed by atoms with Crippen molar-refractivity contribution < 1.29 is 0 Å². The minimum atomic E-state index is 0.351. The van der Waals surface area contributed by atoms with Crippen LogP contribution in [0.1, 0.15) is 31.2 Å². The molecule has 3 heteroatoms. The molecule has 20 heavy (non-hydrogen) atoms. The molecular weight excluding hydrogens is 246 g/mol. The maximum Gasteiger partial charge on any atom is 0.117 e. The summed E-state index contributed by atoms with van der Waals surface area (Å²) in [5.41, 5.74) is 11.1. The molecule has 0 atom stereocenters. The van der Waals surface area contributed by atoms with Crippen molar-refractivity contribution in [1.29, 1.82) is 0 Å². The summed E-state index contributed by atoms with van der Waals surface area (Å²) in [5.74, 6) is 1.42. The molecule has 0 spiro atoms. The lowest BCUT2D eigenvalue weighted by atomic mass is 10.2. The second-order valence-electron chi connectivity index (χ2n) is 5.55. The van der Waals surface area contributed by atoms with Crippen molar-refractivity contribution in [3.8, 4) is 5.69 Å². The summed E-state index contributed by atoms with van der Waals surface area (Å²) < 4.78 is 2.23. The first-order valence-corrected chi connectivity index (χ1v) is 6.91. The molecule has 3 rings (SSSR count). The summed E-state index contributed by atoms with van der Waals surface area (Å²) in [5, 5.41) is 0. The number of nitrogens with two attached hydrogens (primary N) is 1. The molecule has 0 aliphatic heterocycles. The molecule has 2 aromatic carbocycles. The highest BCUT2D eigenvalue weighted by molar-refractivity contribution is 5.81. The Morgan fingerprint density at radius 2 is 1.90 bits per heavy atom. The molecule has 0 aliphatic rings. The van der Waals surface area contributed by atoms with Gasteiger partial charge in [-0.1, -0.05) is 26.0 Å². The van der Waals surface area contributed by atoms with Gasteiger partial charge in [0.05, 0.1) is 11.0 Å². The first-order valence-electron chi connectivity index (χ1n) is 6.91. The van der Waals surface area contributed by atoms with E-state index >= 15 is 0 Å². The van der Waals surface area contributed by atoms with E-state index in [0.717, 1.165) is 28.2 Å². The summed E-state index contributed by atoms with van der Waals surface area (Å²) in [6.45, 7) is 6.43. The minimum absolute atomic E-state index is 0.351. The highest BCUT2D eigenvalue weighted by atomic mass is 15.1. The second-order valence-corrected chi connectivity index (χ2v) is 5.55. The fourth-order valence-corrected chi connectivity index (χ4v) is 2.54. The number of aryl methyl sites for hydroxylation is 1. The zero-order valence-corrected chi connectivity index (χ0v) is 12.1. The Balaban J connectivity index is 2.34. The van der Waals surface area contributed by atoms with Crippen LogP contribution in [0.3, 0.4) is 0 Å². The average Bonchev–Trinajstić information content (AvgIpc) is 2.77. The molecule has 0 amide bonds. The van der Waals surface area contributed by atoms with Gasteiger partial charge in [-0.05, 0) is 42.8 Å². The first kappa shape index (κ1) is 12.7. The number of hydrogen-bond donors (Lipinski definition) is 1. The predicted octanol–water partition coefficient (Wildman–Crippen LogP) is 4.04. The van der Waals surface area contributed by atoms with Gasteiger partial charge in [-0.25, -0.2) is 4.98 Å². The van der Waals surface area contributed by atoms with Gasteiger partial charge in [0.15, 0.2) is 0 Å². The Morgan fingerprint density at radius 1 is 1.10 bits per heavy atom. The predicted molar refractivity (Wildman–Crippen MR) is 84.3 cm³/mol. The van der Waals surface area contributed by atoms with Gasteiger partial charge in [0.25, 0.3) is 0 Å². The number of hydrogen-bond acceptors (Lipinski definition) is 2. The van der Waals surface area contributed by atoms with Crippen LogP contribution in [0.15, 0.2) is 42.5 Å². The van der Waals surface area contributed by atoms with E-state index in [1.165, 1.54) is 5.56 Å². The van der Waals surface area contributed by atoms with Crippen LogP contribution in [0.2, 0.25) is 0 Å². The number of fused-ring (bicyclic) bond motifs is 1. The molecule has 3 aromatic rings. The summed E-state index contributed by atoms with van der Waals surface area (Å²) in [6, 6.07) is 14.4. The Kier molecular flexibility index (Phi) is 2.97. The third-order valence-electron chi connectivity index (χ3n) is 3.48. The standard InChI is InChI=1S/C17H19N3/c1-11(2)17-19-15-10-13(18)7-8-16(15)20(17)14-6-4-5-12(3)9-14/h4-11H,18H2,1-3H3. The number of benzene rings is 2. The lowest BCUT2D eigenvalue weighted by molar-refractivity contribution is 0.759. The number of aromatic nitrogens is 2. The van der Waals surface area contributed by atoms with Gasteiger partial charge in [-0.15, -0.1) is 0 Å². The van der Waals surface area contributed by atoms with Crippen LogP contribution in [0.25, 0.3) is 16.7 Å². The van der Waals surface area contributed by atoms with E-state index in [-0.39, 0.29) is 0 Å².